The molecule has 1 aliphatic heterocycles. The van der Waals surface area contributed by atoms with Crippen LogP contribution in [0.4, 0.5) is 0 Å². The van der Waals surface area contributed by atoms with E-state index < -0.39 is 0 Å². The molecule has 1 aromatic rings. The Balaban J connectivity index is 1.73. The number of rotatable bonds is 3. The molecule has 1 saturated heterocycles. The number of ether oxygens (including phenoxy) is 2. The SMILES string of the molecule is c1ccc2c(c1)CCC[C@H]2OCC1CO1. The Hall–Kier alpha value is -0.860. The summed E-state index contributed by atoms with van der Waals surface area (Å²) in [5.74, 6) is 0. The third-order valence-electron chi connectivity index (χ3n) is 3.20. The van der Waals surface area contributed by atoms with Gasteiger partial charge in [-0.15, -0.1) is 0 Å². The normalized spacial score (nSPS) is 28.5. The molecule has 0 aromatic heterocycles. The lowest BCUT2D eigenvalue weighted by molar-refractivity contribution is 0.0310. The molecule has 0 bridgehead atoms. The van der Waals surface area contributed by atoms with Gasteiger partial charge in [-0.25, -0.2) is 0 Å². The molecule has 1 heterocycles. The fraction of sp³-hybridized carbons (Fsp3) is 0.538. The summed E-state index contributed by atoms with van der Waals surface area (Å²) in [6.45, 7) is 1.65. The number of epoxide rings is 1. The molecule has 2 atom stereocenters. The highest BCUT2D eigenvalue weighted by Gasteiger charge is 2.26. The first-order valence-corrected chi connectivity index (χ1v) is 5.74. The van der Waals surface area contributed by atoms with Crippen LogP contribution in [0.2, 0.25) is 0 Å². The minimum absolute atomic E-state index is 0.305. The molecule has 2 heteroatoms. The molecule has 0 saturated carbocycles. The van der Waals surface area contributed by atoms with E-state index in [-0.39, 0.29) is 0 Å². The second-order valence-corrected chi connectivity index (χ2v) is 4.37. The van der Waals surface area contributed by atoms with E-state index in [4.69, 9.17) is 9.47 Å². The van der Waals surface area contributed by atoms with Crippen molar-refractivity contribution in [2.24, 2.45) is 0 Å². The maximum absolute atomic E-state index is 5.91. The zero-order valence-corrected chi connectivity index (χ0v) is 8.82. The zero-order chi connectivity index (χ0) is 10.1. The number of aryl methyl sites for hydroxylation is 1. The largest absolute Gasteiger partial charge is 0.371 e. The molecule has 1 fully saturated rings. The van der Waals surface area contributed by atoms with Gasteiger partial charge in [0.15, 0.2) is 0 Å². The predicted octanol–water partition coefficient (Wildman–Crippen LogP) is 2.48. The molecule has 0 radical (unpaired) electrons. The summed E-state index contributed by atoms with van der Waals surface area (Å²) >= 11 is 0. The van der Waals surface area contributed by atoms with Crippen LogP contribution in [0.3, 0.4) is 0 Å². The lowest BCUT2D eigenvalue weighted by atomic mass is 9.89. The highest BCUT2D eigenvalue weighted by Crippen LogP contribution is 2.32. The van der Waals surface area contributed by atoms with Gasteiger partial charge in [0.25, 0.3) is 0 Å². The summed E-state index contributed by atoms with van der Waals surface area (Å²) in [5.41, 5.74) is 2.86. The second kappa shape index (κ2) is 3.95. The van der Waals surface area contributed by atoms with Crippen LogP contribution in [0.5, 0.6) is 0 Å². The van der Waals surface area contributed by atoms with Gasteiger partial charge >= 0.3 is 0 Å². The number of fused-ring (bicyclic) bond motifs is 1. The summed E-state index contributed by atoms with van der Waals surface area (Å²) in [6, 6.07) is 8.64. The summed E-state index contributed by atoms with van der Waals surface area (Å²) in [6.07, 6.45) is 4.28. The van der Waals surface area contributed by atoms with E-state index in [9.17, 15) is 0 Å². The Labute approximate surface area is 90.2 Å². The minimum atomic E-state index is 0.305. The van der Waals surface area contributed by atoms with Crippen LogP contribution in [-0.4, -0.2) is 19.3 Å². The van der Waals surface area contributed by atoms with Gasteiger partial charge in [0.2, 0.25) is 0 Å². The van der Waals surface area contributed by atoms with Crippen molar-refractivity contribution in [3.8, 4) is 0 Å². The monoisotopic (exact) mass is 204 g/mol. The topological polar surface area (TPSA) is 21.8 Å². The fourth-order valence-corrected chi connectivity index (χ4v) is 2.27. The van der Waals surface area contributed by atoms with Crippen molar-refractivity contribution < 1.29 is 9.47 Å². The van der Waals surface area contributed by atoms with Crippen molar-refractivity contribution in [3.05, 3.63) is 35.4 Å². The van der Waals surface area contributed by atoms with Crippen LogP contribution in [-0.2, 0) is 15.9 Å². The van der Waals surface area contributed by atoms with Gasteiger partial charge in [-0.3, -0.25) is 0 Å². The molecule has 1 unspecified atom stereocenters. The summed E-state index contributed by atoms with van der Waals surface area (Å²) in [4.78, 5) is 0. The summed E-state index contributed by atoms with van der Waals surface area (Å²) in [7, 11) is 0. The highest BCUT2D eigenvalue weighted by atomic mass is 16.6. The van der Waals surface area contributed by atoms with Crippen molar-refractivity contribution in [1.29, 1.82) is 0 Å². The van der Waals surface area contributed by atoms with E-state index in [1.165, 1.54) is 24.0 Å². The van der Waals surface area contributed by atoms with E-state index in [0.29, 0.717) is 12.2 Å². The maximum atomic E-state index is 5.91. The molecule has 3 rings (SSSR count). The molecule has 15 heavy (non-hydrogen) atoms. The number of benzene rings is 1. The molecule has 80 valence electrons. The van der Waals surface area contributed by atoms with Gasteiger partial charge in [-0.1, -0.05) is 24.3 Å². The third-order valence-corrected chi connectivity index (χ3v) is 3.20. The summed E-state index contributed by atoms with van der Waals surface area (Å²) < 4.78 is 11.1. The quantitative estimate of drug-likeness (QED) is 0.705. The van der Waals surface area contributed by atoms with Crippen molar-refractivity contribution >= 4 is 0 Å². The standard InChI is InChI=1S/C13H16O2/c1-2-6-12-10(4-1)5-3-7-13(12)15-9-11-8-14-11/h1-2,4,6,11,13H,3,5,7-9H2/t11?,13-/m1/s1. The van der Waals surface area contributed by atoms with Gasteiger partial charge in [0.1, 0.15) is 6.10 Å². The van der Waals surface area contributed by atoms with Crippen LogP contribution in [0.15, 0.2) is 24.3 Å². The molecular formula is C13H16O2. The van der Waals surface area contributed by atoms with Crippen LogP contribution >= 0.6 is 0 Å². The molecule has 0 amide bonds. The Morgan fingerprint density at radius 3 is 3.07 bits per heavy atom. The second-order valence-electron chi connectivity index (χ2n) is 4.37. The van der Waals surface area contributed by atoms with E-state index in [2.05, 4.69) is 24.3 Å². The van der Waals surface area contributed by atoms with Gasteiger partial charge in [0.05, 0.1) is 19.3 Å². The molecular weight excluding hydrogens is 188 g/mol. The van der Waals surface area contributed by atoms with Crippen molar-refractivity contribution in [3.63, 3.8) is 0 Å². The number of hydrogen-bond donors (Lipinski definition) is 0. The average Bonchev–Trinajstić information content (AvgIpc) is 3.10. The number of hydrogen-bond acceptors (Lipinski definition) is 2. The summed E-state index contributed by atoms with van der Waals surface area (Å²) in [5, 5.41) is 0. The lowest BCUT2D eigenvalue weighted by Gasteiger charge is -2.25. The van der Waals surface area contributed by atoms with E-state index in [1.54, 1.807) is 0 Å². The molecule has 0 N–H and O–H groups in total. The van der Waals surface area contributed by atoms with Crippen LogP contribution in [0.25, 0.3) is 0 Å². The Kier molecular flexibility index (Phi) is 2.47. The Bertz CT molecular complexity index is 344. The fourth-order valence-electron chi connectivity index (χ4n) is 2.27. The highest BCUT2D eigenvalue weighted by molar-refractivity contribution is 5.31. The van der Waals surface area contributed by atoms with Crippen molar-refractivity contribution in [2.45, 2.75) is 31.5 Å². The molecule has 1 aromatic carbocycles. The van der Waals surface area contributed by atoms with Crippen LogP contribution in [0, 0.1) is 0 Å². The van der Waals surface area contributed by atoms with Gasteiger partial charge in [-0.05, 0) is 30.4 Å². The van der Waals surface area contributed by atoms with Crippen molar-refractivity contribution in [2.75, 3.05) is 13.2 Å². The molecule has 2 nitrogen and oxygen atoms in total. The lowest BCUT2D eigenvalue weighted by Crippen LogP contribution is -2.15. The Morgan fingerprint density at radius 1 is 1.33 bits per heavy atom. The first-order chi connectivity index (χ1) is 7.43. The minimum Gasteiger partial charge on any atom is -0.371 e. The first kappa shape index (κ1) is 9.37. The van der Waals surface area contributed by atoms with Gasteiger partial charge in [-0.2, -0.15) is 0 Å². The maximum Gasteiger partial charge on any atom is 0.104 e. The molecule has 0 spiro atoms. The van der Waals surface area contributed by atoms with E-state index in [1.807, 2.05) is 0 Å². The van der Waals surface area contributed by atoms with E-state index >= 15 is 0 Å². The predicted molar refractivity (Wildman–Crippen MR) is 57.8 cm³/mol. The van der Waals surface area contributed by atoms with Crippen LogP contribution in [0.1, 0.15) is 30.1 Å². The van der Waals surface area contributed by atoms with E-state index in [0.717, 1.165) is 19.6 Å². The first-order valence-electron chi connectivity index (χ1n) is 5.74. The Morgan fingerprint density at radius 2 is 2.20 bits per heavy atom. The average molecular weight is 204 g/mol. The zero-order valence-electron chi connectivity index (χ0n) is 8.82. The smallest absolute Gasteiger partial charge is 0.104 e. The van der Waals surface area contributed by atoms with Gasteiger partial charge in [0, 0.05) is 0 Å². The van der Waals surface area contributed by atoms with Crippen molar-refractivity contribution in [1.82, 2.24) is 0 Å². The molecule has 1 aliphatic carbocycles. The van der Waals surface area contributed by atoms with Gasteiger partial charge < -0.3 is 9.47 Å². The molecule has 2 aliphatic rings. The third kappa shape index (κ3) is 2.06. The van der Waals surface area contributed by atoms with Crippen LogP contribution < -0.4 is 0 Å².